The fourth-order valence-electron chi connectivity index (χ4n) is 1.93. The van der Waals surface area contributed by atoms with E-state index >= 15 is 0 Å². The van der Waals surface area contributed by atoms with Crippen LogP contribution in [0.1, 0.15) is 16.5 Å². The first-order valence-electron chi connectivity index (χ1n) is 5.35. The number of fused-ring (bicyclic) bond motifs is 1. The Bertz CT molecular complexity index is 580. The third-order valence-electron chi connectivity index (χ3n) is 2.77. The largest absolute Gasteiger partial charge is 0.271 e. The molecule has 1 unspecified atom stereocenters. The number of hydrogen-bond acceptors (Lipinski definition) is 4. The number of nitrogens with two attached hydrogens (primary N) is 1. The van der Waals surface area contributed by atoms with Gasteiger partial charge in [-0.2, -0.15) is 11.3 Å². The van der Waals surface area contributed by atoms with Gasteiger partial charge in [0.05, 0.1) is 6.04 Å². The van der Waals surface area contributed by atoms with E-state index in [1.165, 1.54) is 20.5 Å². The molecule has 17 heavy (non-hydrogen) atoms. The second-order valence-electron chi connectivity index (χ2n) is 3.84. The van der Waals surface area contributed by atoms with Crippen LogP contribution >= 0.6 is 22.7 Å². The molecule has 1 atom stereocenters. The molecule has 2 aromatic heterocycles. The zero-order valence-corrected chi connectivity index (χ0v) is 10.7. The summed E-state index contributed by atoms with van der Waals surface area (Å²) in [6, 6.07) is 12.8. The second-order valence-corrected chi connectivity index (χ2v) is 5.74. The topological polar surface area (TPSA) is 38.0 Å². The monoisotopic (exact) mass is 260 g/mol. The van der Waals surface area contributed by atoms with Crippen LogP contribution in [-0.4, -0.2) is 0 Å². The molecule has 0 radical (unpaired) electrons. The molecule has 0 amide bonds. The van der Waals surface area contributed by atoms with Crippen LogP contribution in [0.3, 0.4) is 0 Å². The summed E-state index contributed by atoms with van der Waals surface area (Å²) in [5, 5.41) is 5.49. The van der Waals surface area contributed by atoms with Crippen LogP contribution in [-0.2, 0) is 0 Å². The zero-order chi connectivity index (χ0) is 11.7. The molecule has 2 nitrogen and oxygen atoms in total. The molecule has 0 saturated carbocycles. The molecule has 1 aromatic carbocycles. The van der Waals surface area contributed by atoms with Gasteiger partial charge in [0.15, 0.2) is 0 Å². The number of nitrogens with one attached hydrogen (secondary N) is 1. The first-order valence-corrected chi connectivity index (χ1v) is 7.11. The smallest absolute Gasteiger partial charge is 0.0810 e. The summed E-state index contributed by atoms with van der Waals surface area (Å²) >= 11 is 3.48. The van der Waals surface area contributed by atoms with Crippen LogP contribution in [0.4, 0.5) is 0 Å². The molecule has 0 aliphatic carbocycles. The molecule has 0 spiro atoms. The number of hydrogen-bond donors (Lipinski definition) is 2. The van der Waals surface area contributed by atoms with Gasteiger partial charge in [0.1, 0.15) is 0 Å². The van der Waals surface area contributed by atoms with Crippen LogP contribution in [0.15, 0.2) is 47.2 Å². The summed E-state index contributed by atoms with van der Waals surface area (Å²) in [6.07, 6.45) is 0. The maximum Gasteiger partial charge on any atom is 0.0810 e. The fraction of sp³-hybridized carbons (Fsp3) is 0.0769. The third kappa shape index (κ3) is 2.00. The van der Waals surface area contributed by atoms with E-state index in [4.69, 9.17) is 5.84 Å². The van der Waals surface area contributed by atoms with Crippen molar-refractivity contribution in [3.63, 3.8) is 0 Å². The van der Waals surface area contributed by atoms with E-state index in [2.05, 4.69) is 52.6 Å². The molecular weight excluding hydrogens is 248 g/mol. The molecule has 3 N–H and O–H groups in total. The Morgan fingerprint density at radius 1 is 1.18 bits per heavy atom. The highest BCUT2D eigenvalue weighted by molar-refractivity contribution is 7.19. The van der Waals surface area contributed by atoms with Crippen molar-refractivity contribution in [3.8, 4) is 0 Å². The number of thiophene rings is 2. The summed E-state index contributed by atoms with van der Waals surface area (Å²) < 4.78 is 1.30. The minimum absolute atomic E-state index is 0.0960. The lowest BCUT2D eigenvalue weighted by Gasteiger charge is -2.11. The predicted molar refractivity (Wildman–Crippen MR) is 75.3 cm³/mol. The summed E-state index contributed by atoms with van der Waals surface area (Å²) in [7, 11) is 0. The Morgan fingerprint density at radius 2 is 2.06 bits per heavy atom. The average molecular weight is 260 g/mol. The minimum atomic E-state index is 0.0960. The van der Waals surface area contributed by atoms with E-state index in [9.17, 15) is 0 Å². The van der Waals surface area contributed by atoms with E-state index in [1.807, 2.05) is 0 Å². The van der Waals surface area contributed by atoms with Crippen LogP contribution in [0.2, 0.25) is 0 Å². The van der Waals surface area contributed by atoms with Gasteiger partial charge < -0.3 is 0 Å². The van der Waals surface area contributed by atoms with E-state index in [1.54, 1.807) is 22.7 Å². The maximum atomic E-state index is 5.68. The van der Waals surface area contributed by atoms with E-state index in [0.717, 1.165) is 0 Å². The van der Waals surface area contributed by atoms with Gasteiger partial charge in [-0.1, -0.05) is 18.2 Å². The van der Waals surface area contributed by atoms with Crippen molar-refractivity contribution in [1.29, 1.82) is 0 Å². The number of rotatable bonds is 3. The van der Waals surface area contributed by atoms with Gasteiger partial charge in [0, 0.05) is 9.58 Å². The highest BCUT2D eigenvalue weighted by Crippen LogP contribution is 2.33. The molecule has 0 aliphatic rings. The number of benzene rings is 1. The summed E-state index contributed by atoms with van der Waals surface area (Å²) in [5.41, 5.74) is 4.12. The molecule has 2 heterocycles. The predicted octanol–water partition coefficient (Wildman–Crippen LogP) is 3.52. The summed E-state index contributed by atoms with van der Waals surface area (Å²) in [4.78, 5) is 1.26. The van der Waals surface area contributed by atoms with Gasteiger partial charge in [-0.15, -0.1) is 11.3 Å². The SMILES string of the molecule is NNC(c1ccsc1)c1cc2ccccc2s1. The lowest BCUT2D eigenvalue weighted by atomic mass is 10.1. The van der Waals surface area contributed by atoms with Crippen molar-refractivity contribution in [2.24, 2.45) is 5.84 Å². The highest BCUT2D eigenvalue weighted by Gasteiger charge is 2.15. The van der Waals surface area contributed by atoms with Crippen molar-refractivity contribution in [2.75, 3.05) is 0 Å². The molecule has 0 aliphatic heterocycles. The van der Waals surface area contributed by atoms with Gasteiger partial charge in [0.2, 0.25) is 0 Å². The zero-order valence-electron chi connectivity index (χ0n) is 9.09. The Balaban J connectivity index is 2.07. The number of hydrazine groups is 1. The average Bonchev–Trinajstić information content (AvgIpc) is 2.98. The summed E-state index contributed by atoms with van der Waals surface area (Å²) in [6.45, 7) is 0. The minimum Gasteiger partial charge on any atom is -0.271 e. The Kier molecular flexibility index (Phi) is 2.94. The Labute approximate surface area is 108 Å². The quantitative estimate of drug-likeness (QED) is 0.558. The van der Waals surface area contributed by atoms with Crippen molar-refractivity contribution in [1.82, 2.24) is 5.43 Å². The molecule has 86 valence electrons. The lowest BCUT2D eigenvalue weighted by Crippen LogP contribution is -2.27. The molecule has 4 heteroatoms. The molecule has 3 aromatic rings. The van der Waals surface area contributed by atoms with Gasteiger partial charge in [-0.25, -0.2) is 5.43 Å². The first-order chi connectivity index (χ1) is 8.38. The molecule has 3 rings (SSSR count). The molecule has 0 saturated heterocycles. The van der Waals surface area contributed by atoms with Gasteiger partial charge in [-0.05, 0) is 39.9 Å². The van der Waals surface area contributed by atoms with E-state index in [0.29, 0.717) is 0 Å². The van der Waals surface area contributed by atoms with Crippen LogP contribution in [0, 0.1) is 0 Å². The van der Waals surface area contributed by atoms with E-state index in [-0.39, 0.29) is 6.04 Å². The molecular formula is C13H12N2S2. The van der Waals surface area contributed by atoms with Crippen LogP contribution in [0.5, 0.6) is 0 Å². The molecule has 0 bridgehead atoms. The van der Waals surface area contributed by atoms with Gasteiger partial charge >= 0.3 is 0 Å². The standard InChI is InChI=1S/C13H12N2S2/c14-15-13(10-5-6-16-8-10)12-7-9-3-1-2-4-11(9)17-12/h1-8,13,15H,14H2. The molecule has 0 fully saturated rings. The van der Waals surface area contributed by atoms with Crippen molar-refractivity contribution < 1.29 is 0 Å². The Hall–Kier alpha value is -1.20. The van der Waals surface area contributed by atoms with Crippen molar-refractivity contribution in [3.05, 3.63) is 57.6 Å². The normalized spacial score (nSPS) is 13.0. The fourth-order valence-corrected chi connectivity index (χ4v) is 3.77. The van der Waals surface area contributed by atoms with Crippen LogP contribution in [0.25, 0.3) is 10.1 Å². The Morgan fingerprint density at radius 3 is 2.76 bits per heavy atom. The van der Waals surface area contributed by atoms with E-state index < -0.39 is 0 Å². The third-order valence-corrected chi connectivity index (χ3v) is 4.65. The first kappa shape index (κ1) is 10.9. The lowest BCUT2D eigenvalue weighted by molar-refractivity contribution is 0.649. The van der Waals surface area contributed by atoms with Gasteiger partial charge in [-0.3, -0.25) is 5.84 Å². The second kappa shape index (κ2) is 4.58. The summed E-state index contributed by atoms with van der Waals surface area (Å²) in [5.74, 6) is 5.68. The van der Waals surface area contributed by atoms with Crippen molar-refractivity contribution in [2.45, 2.75) is 6.04 Å². The maximum absolute atomic E-state index is 5.68. The van der Waals surface area contributed by atoms with Crippen molar-refractivity contribution >= 4 is 32.8 Å². The highest BCUT2D eigenvalue weighted by atomic mass is 32.1. The van der Waals surface area contributed by atoms with Gasteiger partial charge in [0.25, 0.3) is 0 Å². The van der Waals surface area contributed by atoms with Crippen LogP contribution < -0.4 is 11.3 Å².